The minimum atomic E-state index is -0.0251. The summed E-state index contributed by atoms with van der Waals surface area (Å²) >= 11 is 6.76. The van der Waals surface area contributed by atoms with E-state index in [1.165, 1.54) is 17.3 Å². The molecule has 0 saturated carbocycles. The third-order valence-electron chi connectivity index (χ3n) is 4.95. The first kappa shape index (κ1) is 22.2. The van der Waals surface area contributed by atoms with E-state index in [2.05, 4.69) is 5.32 Å². The predicted molar refractivity (Wildman–Crippen MR) is 129 cm³/mol. The Hall–Kier alpha value is -2.44. The smallest absolute Gasteiger partial charge is 0.266 e. The zero-order valence-corrected chi connectivity index (χ0v) is 18.9. The molecule has 1 fully saturated rings. The molecule has 0 aromatic heterocycles. The maximum Gasteiger partial charge on any atom is 0.266 e. The lowest BCUT2D eigenvalue weighted by molar-refractivity contribution is -0.122. The van der Waals surface area contributed by atoms with Crippen LogP contribution in [-0.2, 0) is 9.59 Å². The van der Waals surface area contributed by atoms with Crippen molar-refractivity contribution in [3.05, 3.63) is 70.1 Å². The third-order valence-corrected chi connectivity index (χ3v) is 6.33. The molecule has 2 aromatic rings. The van der Waals surface area contributed by atoms with Crippen LogP contribution in [0.25, 0.3) is 6.08 Å². The number of benzene rings is 2. The van der Waals surface area contributed by atoms with Gasteiger partial charge in [0.05, 0.1) is 4.91 Å². The summed E-state index contributed by atoms with van der Waals surface area (Å²) in [5, 5.41) is 2.95. The normalized spacial score (nSPS) is 15.1. The first-order valence-corrected chi connectivity index (χ1v) is 11.3. The second-order valence-electron chi connectivity index (χ2n) is 7.42. The quantitative estimate of drug-likeness (QED) is 0.326. The van der Waals surface area contributed by atoms with Crippen LogP contribution in [0.1, 0.15) is 42.4 Å². The molecule has 1 aliphatic rings. The Morgan fingerprint density at radius 3 is 2.53 bits per heavy atom. The third kappa shape index (κ3) is 6.03. The van der Waals surface area contributed by atoms with E-state index >= 15 is 0 Å². The van der Waals surface area contributed by atoms with Crippen LogP contribution in [0.4, 0.5) is 5.69 Å². The number of carbonyl (C=O) groups is 2. The molecule has 1 saturated heterocycles. The van der Waals surface area contributed by atoms with Gasteiger partial charge in [0.15, 0.2) is 0 Å². The van der Waals surface area contributed by atoms with E-state index in [0.717, 1.165) is 36.1 Å². The van der Waals surface area contributed by atoms with Gasteiger partial charge in [-0.2, -0.15) is 0 Å². The fourth-order valence-corrected chi connectivity index (χ4v) is 4.47. The number of carbonyl (C=O) groups excluding carboxylic acids is 2. The summed E-state index contributed by atoms with van der Waals surface area (Å²) in [7, 11) is 0. The van der Waals surface area contributed by atoms with Crippen LogP contribution in [0.5, 0.6) is 0 Å². The minimum absolute atomic E-state index is 0.0240. The van der Waals surface area contributed by atoms with Crippen molar-refractivity contribution in [2.45, 2.75) is 39.5 Å². The van der Waals surface area contributed by atoms with Crippen LogP contribution in [0.3, 0.4) is 0 Å². The van der Waals surface area contributed by atoms with Gasteiger partial charge in [-0.25, -0.2) is 0 Å². The molecule has 2 aromatic carbocycles. The van der Waals surface area contributed by atoms with E-state index in [4.69, 9.17) is 12.2 Å². The van der Waals surface area contributed by atoms with Crippen molar-refractivity contribution >= 4 is 51.9 Å². The summed E-state index contributed by atoms with van der Waals surface area (Å²) in [6.45, 7) is 4.61. The Morgan fingerprint density at radius 2 is 1.80 bits per heavy atom. The predicted octanol–water partition coefficient (Wildman–Crippen LogP) is 5.70. The Balaban J connectivity index is 1.42. The van der Waals surface area contributed by atoms with Crippen molar-refractivity contribution in [3.8, 4) is 0 Å². The number of hydrogen-bond donors (Lipinski definition) is 1. The largest absolute Gasteiger partial charge is 0.326 e. The molecular formula is C24H26N2O2S2. The van der Waals surface area contributed by atoms with Gasteiger partial charge in [-0.3, -0.25) is 14.5 Å². The van der Waals surface area contributed by atoms with Crippen LogP contribution in [0.15, 0.2) is 53.4 Å². The van der Waals surface area contributed by atoms with Crippen LogP contribution in [0.2, 0.25) is 0 Å². The van der Waals surface area contributed by atoms with Gasteiger partial charge < -0.3 is 5.32 Å². The highest BCUT2D eigenvalue weighted by Crippen LogP contribution is 2.32. The Labute approximate surface area is 187 Å². The first-order valence-electron chi connectivity index (χ1n) is 10.1. The summed E-state index contributed by atoms with van der Waals surface area (Å²) in [4.78, 5) is 27.1. The number of para-hydroxylation sites is 1. The highest BCUT2D eigenvalue weighted by Gasteiger charge is 2.31. The molecular weight excluding hydrogens is 412 g/mol. The SMILES string of the molecule is Cc1ccc(C=C2SC(=S)N(CCCCCC(=O)Nc3ccccc3C)C2=O)cc1. The zero-order chi connectivity index (χ0) is 21.5. The number of anilines is 1. The number of aryl methyl sites for hydroxylation is 2. The summed E-state index contributed by atoms with van der Waals surface area (Å²) in [5.41, 5.74) is 4.10. The Morgan fingerprint density at radius 1 is 1.07 bits per heavy atom. The van der Waals surface area contributed by atoms with Crippen molar-refractivity contribution in [1.82, 2.24) is 4.90 Å². The van der Waals surface area contributed by atoms with Gasteiger partial charge in [-0.05, 0) is 50.0 Å². The van der Waals surface area contributed by atoms with Gasteiger partial charge in [0.1, 0.15) is 4.32 Å². The molecule has 0 atom stereocenters. The number of nitrogens with one attached hydrogen (secondary N) is 1. The average molecular weight is 439 g/mol. The lowest BCUT2D eigenvalue weighted by Crippen LogP contribution is -2.29. The molecule has 4 nitrogen and oxygen atoms in total. The maximum absolute atomic E-state index is 12.7. The fourth-order valence-electron chi connectivity index (χ4n) is 3.16. The number of hydrogen-bond acceptors (Lipinski definition) is 4. The van der Waals surface area contributed by atoms with Crippen molar-refractivity contribution in [2.75, 3.05) is 11.9 Å². The van der Waals surface area contributed by atoms with Gasteiger partial charge in [0.2, 0.25) is 5.91 Å². The van der Waals surface area contributed by atoms with Crippen LogP contribution in [0, 0.1) is 13.8 Å². The van der Waals surface area contributed by atoms with Gasteiger partial charge in [0, 0.05) is 18.7 Å². The van der Waals surface area contributed by atoms with E-state index in [1.807, 2.05) is 68.5 Å². The van der Waals surface area contributed by atoms with Gasteiger partial charge in [-0.15, -0.1) is 0 Å². The van der Waals surface area contributed by atoms with E-state index in [0.29, 0.717) is 22.2 Å². The number of unbranched alkanes of at least 4 members (excludes halogenated alkanes) is 2. The molecule has 0 aliphatic carbocycles. The van der Waals surface area contributed by atoms with Gasteiger partial charge >= 0.3 is 0 Å². The zero-order valence-electron chi connectivity index (χ0n) is 17.3. The van der Waals surface area contributed by atoms with Crippen molar-refractivity contribution in [3.63, 3.8) is 0 Å². The molecule has 0 radical (unpaired) electrons. The molecule has 1 aliphatic heterocycles. The van der Waals surface area contributed by atoms with E-state index in [-0.39, 0.29) is 11.8 Å². The summed E-state index contributed by atoms with van der Waals surface area (Å²) < 4.78 is 0.607. The number of thiocarbonyl (C=S) groups is 1. The Kier molecular flexibility index (Phi) is 7.82. The number of amides is 2. The highest BCUT2D eigenvalue weighted by molar-refractivity contribution is 8.26. The number of rotatable bonds is 8. The molecule has 2 amide bonds. The minimum Gasteiger partial charge on any atom is -0.326 e. The molecule has 0 bridgehead atoms. The van der Waals surface area contributed by atoms with Crippen LogP contribution < -0.4 is 5.32 Å². The lowest BCUT2D eigenvalue weighted by Gasteiger charge is -2.14. The van der Waals surface area contributed by atoms with Gasteiger partial charge in [-0.1, -0.05) is 78.4 Å². The molecule has 3 rings (SSSR count). The summed E-state index contributed by atoms with van der Waals surface area (Å²) in [5.74, 6) is -0.00110. The number of nitrogens with zero attached hydrogens (tertiary/aromatic N) is 1. The standard InChI is InChI=1S/C24H26N2O2S2/c1-17-11-13-19(14-12-17)16-21-23(28)26(24(29)30-21)15-7-3-4-10-22(27)25-20-9-6-5-8-18(20)2/h5-6,8-9,11-14,16H,3-4,7,10,15H2,1-2H3,(H,25,27). The van der Waals surface area contributed by atoms with Gasteiger partial charge in [0.25, 0.3) is 5.91 Å². The second kappa shape index (κ2) is 10.5. The molecule has 0 spiro atoms. The molecule has 6 heteroatoms. The highest BCUT2D eigenvalue weighted by atomic mass is 32.2. The molecule has 156 valence electrons. The monoisotopic (exact) mass is 438 g/mol. The Bertz CT molecular complexity index is 967. The number of thioether (sulfide) groups is 1. The lowest BCUT2D eigenvalue weighted by atomic mass is 10.1. The average Bonchev–Trinajstić information content (AvgIpc) is 2.98. The summed E-state index contributed by atoms with van der Waals surface area (Å²) in [6, 6.07) is 15.8. The fraction of sp³-hybridized carbons (Fsp3) is 0.292. The van der Waals surface area contributed by atoms with Crippen LogP contribution in [-0.4, -0.2) is 27.6 Å². The topological polar surface area (TPSA) is 49.4 Å². The van der Waals surface area contributed by atoms with E-state index < -0.39 is 0 Å². The van der Waals surface area contributed by atoms with Crippen LogP contribution >= 0.6 is 24.0 Å². The first-order chi connectivity index (χ1) is 14.4. The van der Waals surface area contributed by atoms with E-state index in [9.17, 15) is 9.59 Å². The van der Waals surface area contributed by atoms with Crippen molar-refractivity contribution in [1.29, 1.82) is 0 Å². The van der Waals surface area contributed by atoms with Crippen molar-refractivity contribution in [2.24, 2.45) is 0 Å². The molecule has 1 N–H and O–H groups in total. The van der Waals surface area contributed by atoms with Crippen molar-refractivity contribution < 1.29 is 9.59 Å². The molecule has 30 heavy (non-hydrogen) atoms. The molecule has 0 unspecified atom stereocenters. The summed E-state index contributed by atoms with van der Waals surface area (Å²) in [6.07, 6.45) is 4.84. The molecule has 1 heterocycles. The second-order valence-corrected chi connectivity index (χ2v) is 9.09. The maximum atomic E-state index is 12.7. The van der Waals surface area contributed by atoms with E-state index in [1.54, 1.807) is 4.90 Å².